The fourth-order valence-electron chi connectivity index (χ4n) is 0.982. The molecule has 1 aromatic carbocycles. The third kappa shape index (κ3) is 3.06. The molecule has 0 aliphatic carbocycles. The van der Waals surface area contributed by atoms with Gasteiger partial charge in [-0.1, -0.05) is 15.9 Å². The summed E-state index contributed by atoms with van der Waals surface area (Å²) in [5, 5.41) is 0. The number of halogens is 3. The van der Waals surface area contributed by atoms with Crippen molar-refractivity contribution in [3.63, 3.8) is 0 Å². The zero-order chi connectivity index (χ0) is 10.7. The minimum absolute atomic E-state index is 0.245. The van der Waals surface area contributed by atoms with Crippen LogP contribution in [0.3, 0.4) is 0 Å². The second-order valence-electron chi connectivity index (χ2n) is 2.84. The standard InChI is InChI=1S/C9H8Br2FNO/c1-13(9(11)14)5-6-4-7(10)2-3-8(6)12/h2-4H,5H2,1H3. The average molecular weight is 325 g/mol. The summed E-state index contributed by atoms with van der Waals surface area (Å²) in [6.07, 6.45) is 0. The Balaban J connectivity index is 2.85. The molecule has 0 saturated carbocycles. The van der Waals surface area contributed by atoms with Gasteiger partial charge in [-0.05, 0) is 18.2 Å². The summed E-state index contributed by atoms with van der Waals surface area (Å²) in [5.41, 5.74) is 0.481. The molecular weight excluding hydrogens is 317 g/mol. The summed E-state index contributed by atoms with van der Waals surface area (Å²) >= 11 is 6.03. The summed E-state index contributed by atoms with van der Waals surface area (Å²) in [4.78, 5) is 12.0. The number of rotatable bonds is 2. The van der Waals surface area contributed by atoms with E-state index in [1.807, 2.05) is 0 Å². The second-order valence-corrected chi connectivity index (χ2v) is 4.44. The minimum Gasteiger partial charge on any atom is -0.332 e. The van der Waals surface area contributed by atoms with E-state index >= 15 is 0 Å². The summed E-state index contributed by atoms with van der Waals surface area (Å²) in [6, 6.07) is 4.64. The Morgan fingerprint density at radius 2 is 2.21 bits per heavy atom. The summed E-state index contributed by atoms with van der Waals surface area (Å²) < 4.78 is 14.0. The number of carbonyl (C=O) groups excluding carboxylic acids is 1. The van der Waals surface area contributed by atoms with Crippen molar-refractivity contribution in [1.29, 1.82) is 0 Å². The van der Waals surface area contributed by atoms with Gasteiger partial charge in [-0.3, -0.25) is 4.79 Å². The Hall–Kier alpha value is -0.420. The molecule has 5 heteroatoms. The number of amides is 1. The van der Waals surface area contributed by atoms with E-state index in [2.05, 4.69) is 31.9 Å². The Labute approximate surface area is 98.3 Å². The van der Waals surface area contributed by atoms with Crippen molar-refractivity contribution in [1.82, 2.24) is 4.90 Å². The molecule has 0 fully saturated rings. The molecule has 0 aliphatic rings. The lowest BCUT2D eigenvalue weighted by Crippen LogP contribution is -2.20. The van der Waals surface area contributed by atoms with Gasteiger partial charge in [0.25, 0.3) is 4.82 Å². The fourth-order valence-corrected chi connectivity index (χ4v) is 1.52. The minimum atomic E-state index is -0.311. The highest BCUT2D eigenvalue weighted by molar-refractivity contribution is 9.18. The van der Waals surface area contributed by atoms with Crippen molar-refractivity contribution in [3.8, 4) is 0 Å². The number of nitrogens with zero attached hydrogens (tertiary/aromatic N) is 1. The number of hydrogen-bond acceptors (Lipinski definition) is 1. The fraction of sp³-hybridized carbons (Fsp3) is 0.222. The van der Waals surface area contributed by atoms with Crippen LogP contribution in [0.2, 0.25) is 0 Å². The predicted octanol–water partition coefficient (Wildman–Crippen LogP) is 3.53. The molecular formula is C9H8Br2FNO. The van der Waals surface area contributed by atoms with Gasteiger partial charge in [0.1, 0.15) is 5.82 Å². The van der Waals surface area contributed by atoms with Crippen LogP contribution in [0.1, 0.15) is 5.56 Å². The largest absolute Gasteiger partial charge is 0.332 e. The molecule has 1 rings (SSSR count). The van der Waals surface area contributed by atoms with Crippen LogP contribution in [-0.2, 0) is 6.54 Å². The molecule has 0 saturated heterocycles. The Kier molecular flexibility index (Phi) is 4.07. The Bertz CT molecular complexity index is 357. The van der Waals surface area contributed by atoms with Crippen LogP contribution in [0, 0.1) is 5.82 Å². The highest BCUT2D eigenvalue weighted by Gasteiger charge is 2.08. The third-order valence-corrected chi connectivity index (χ3v) is 2.81. The molecule has 0 atom stereocenters. The van der Waals surface area contributed by atoms with Gasteiger partial charge in [-0.15, -0.1) is 0 Å². The van der Waals surface area contributed by atoms with E-state index in [0.29, 0.717) is 5.56 Å². The van der Waals surface area contributed by atoms with Gasteiger partial charge in [0.05, 0.1) is 0 Å². The number of benzene rings is 1. The molecule has 0 aromatic heterocycles. The molecule has 0 aliphatic heterocycles. The van der Waals surface area contributed by atoms with Crippen molar-refractivity contribution in [2.75, 3.05) is 7.05 Å². The first kappa shape index (κ1) is 11.7. The van der Waals surface area contributed by atoms with E-state index < -0.39 is 0 Å². The van der Waals surface area contributed by atoms with E-state index in [1.54, 1.807) is 19.2 Å². The highest BCUT2D eigenvalue weighted by Crippen LogP contribution is 2.17. The van der Waals surface area contributed by atoms with Gasteiger partial charge in [0.15, 0.2) is 0 Å². The zero-order valence-corrected chi connectivity index (χ0v) is 10.6. The first-order valence-corrected chi connectivity index (χ1v) is 5.44. The third-order valence-electron chi connectivity index (χ3n) is 1.72. The molecule has 1 amide bonds. The summed E-state index contributed by atoms with van der Waals surface area (Å²) in [5.74, 6) is -0.311. The normalized spacial score (nSPS) is 10.0. The molecule has 76 valence electrons. The molecule has 2 nitrogen and oxygen atoms in total. The molecule has 0 heterocycles. The first-order chi connectivity index (χ1) is 6.50. The van der Waals surface area contributed by atoms with Crippen molar-refractivity contribution in [2.24, 2.45) is 0 Å². The maximum Gasteiger partial charge on any atom is 0.289 e. The highest BCUT2D eigenvalue weighted by atomic mass is 79.9. The molecule has 1 aromatic rings. The predicted molar refractivity (Wildman–Crippen MR) is 59.9 cm³/mol. The summed E-state index contributed by atoms with van der Waals surface area (Å²) in [6.45, 7) is 0.245. The van der Waals surface area contributed by atoms with Crippen molar-refractivity contribution in [3.05, 3.63) is 34.1 Å². The quantitative estimate of drug-likeness (QED) is 0.602. The van der Waals surface area contributed by atoms with E-state index in [0.717, 1.165) is 4.47 Å². The van der Waals surface area contributed by atoms with Crippen LogP contribution in [-0.4, -0.2) is 16.8 Å². The van der Waals surface area contributed by atoms with E-state index in [1.165, 1.54) is 11.0 Å². The van der Waals surface area contributed by atoms with E-state index in [-0.39, 0.29) is 17.2 Å². The summed E-state index contributed by atoms with van der Waals surface area (Å²) in [7, 11) is 1.59. The van der Waals surface area contributed by atoms with Gasteiger partial charge in [-0.25, -0.2) is 4.39 Å². The lowest BCUT2D eigenvalue weighted by atomic mass is 10.2. The van der Waals surface area contributed by atoms with Crippen LogP contribution in [0.25, 0.3) is 0 Å². The molecule has 0 bridgehead atoms. The SMILES string of the molecule is CN(Cc1cc(Br)ccc1F)C(=O)Br. The van der Waals surface area contributed by atoms with Crippen molar-refractivity contribution in [2.45, 2.75) is 6.54 Å². The maximum atomic E-state index is 13.2. The Morgan fingerprint density at radius 1 is 1.57 bits per heavy atom. The number of carbonyl (C=O) groups is 1. The lowest BCUT2D eigenvalue weighted by Gasteiger charge is -2.14. The van der Waals surface area contributed by atoms with Crippen molar-refractivity contribution >= 4 is 36.7 Å². The molecule has 0 spiro atoms. The Morgan fingerprint density at radius 3 is 2.79 bits per heavy atom. The maximum absolute atomic E-state index is 13.2. The zero-order valence-electron chi connectivity index (χ0n) is 7.43. The lowest BCUT2D eigenvalue weighted by molar-refractivity contribution is 0.232. The average Bonchev–Trinajstić information content (AvgIpc) is 2.11. The molecule has 0 N–H and O–H groups in total. The topological polar surface area (TPSA) is 20.3 Å². The van der Waals surface area contributed by atoms with Gasteiger partial charge in [-0.2, -0.15) is 0 Å². The smallest absolute Gasteiger partial charge is 0.289 e. The van der Waals surface area contributed by atoms with Crippen LogP contribution >= 0.6 is 31.9 Å². The van der Waals surface area contributed by atoms with E-state index in [9.17, 15) is 9.18 Å². The van der Waals surface area contributed by atoms with E-state index in [4.69, 9.17) is 0 Å². The first-order valence-electron chi connectivity index (χ1n) is 3.85. The van der Waals surface area contributed by atoms with Gasteiger partial charge >= 0.3 is 0 Å². The van der Waals surface area contributed by atoms with Crippen LogP contribution in [0.4, 0.5) is 9.18 Å². The molecule has 14 heavy (non-hydrogen) atoms. The van der Waals surface area contributed by atoms with Gasteiger partial charge in [0.2, 0.25) is 0 Å². The van der Waals surface area contributed by atoms with Crippen LogP contribution < -0.4 is 0 Å². The van der Waals surface area contributed by atoms with Gasteiger partial charge in [0, 0.05) is 39.6 Å². The van der Waals surface area contributed by atoms with Crippen molar-refractivity contribution < 1.29 is 9.18 Å². The molecule has 0 radical (unpaired) electrons. The van der Waals surface area contributed by atoms with Crippen LogP contribution in [0.5, 0.6) is 0 Å². The monoisotopic (exact) mass is 323 g/mol. The number of hydrogen-bond donors (Lipinski definition) is 0. The van der Waals surface area contributed by atoms with Gasteiger partial charge < -0.3 is 4.90 Å². The van der Waals surface area contributed by atoms with Crippen LogP contribution in [0.15, 0.2) is 22.7 Å². The second kappa shape index (κ2) is 4.89. The molecule has 0 unspecified atom stereocenters.